The fraction of sp³-hybridized carbons (Fsp3) is 1.00. The molecule has 0 nitrogen and oxygen atoms in total. The summed E-state index contributed by atoms with van der Waals surface area (Å²) < 4.78 is 0. The number of hydrogen-bond donors (Lipinski definition) is 0. The van der Waals surface area contributed by atoms with E-state index in [2.05, 4.69) is 13.8 Å². The second-order valence-corrected chi connectivity index (χ2v) is 4.18. The molecule has 0 rings (SSSR count). The topological polar surface area (TPSA) is 0 Å². The molecule has 0 amide bonds. The summed E-state index contributed by atoms with van der Waals surface area (Å²) in [5.74, 6) is 0. The number of rotatable bonds is 4. The molecule has 1 heteroatoms. The molecule has 0 heterocycles. The van der Waals surface area contributed by atoms with Crippen LogP contribution in [0.2, 0.25) is 12.1 Å². The molecule has 0 bridgehead atoms. The maximum atomic E-state index is 2.28. The van der Waals surface area contributed by atoms with Crippen molar-refractivity contribution in [1.29, 1.82) is 0 Å². The van der Waals surface area contributed by atoms with Crippen molar-refractivity contribution < 1.29 is 0 Å². The van der Waals surface area contributed by atoms with Gasteiger partial charge in [0.25, 0.3) is 0 Å². The monoisotopic (exact) mass is 116 g/mol. The molecule has 0 aromatic rings. The van der Waals surface area contributed by atoms with Crippen LogP contribution in [-0.4, -0.2) is 9.52 Å². The lowest BCUT2D eigenvalue weighted by Gasteiger charge is -1.89. The first-order chi connectivity index (χ1) is 3.41. The van der Waals surface area contributed by atoms with Gasteiger partial charge in [-0.15, -0.1) is 0 Å². The Labute approximate surface area is 49.1 Å². The molecule has 0 aliphatic heterocycles. The average Bonchev–Trinajstić information content (AvgIpc) is 1.69. The Kier molecular flexibility index (Phi) is 6.41. The van der Waals surface area contributed by atoms with Crippen molar-refractivity contribution >= 4 is 9.52 Å². The van der Waals surface area contributed by atoms with Crippen LogP contribution >= 0.6 is 0 Å². The van der Waals surface area contributed by atoms with Gasteiger partial charge in [-0.3, -0.25) is 0 Å². The highest BCUT2D eigenvalue weighted by molar-refractivity contribution is 6.35. The Hall–Kier alpha value is 0.217. The van der Waals surface area contributed by atoms with E-state index in [1.165, 1.54) is 12.8 Å². The summed E-state index contributed by atoms with van der Waals surface area (Å²) >= 11 is 0. The van der Waals surface area contributed by atoms with Crippen LogP contribution in [0.4, 0.5) is 0 Å². The molecule has 0 spiro atoms. The first-order valence-electron chi connectivity index (χ1n) is 3.41. The molecular formula is C6H16Si. The van der Waals surface area contributed by atoms with Gasteiger partial charge in [0.05, 0.1) is 0 Å². The van der Waals surface area contributed by atoms with Crippen LogP contribution in [-0.2, 0) is 0 Å². The standard InChI is InChI=1S/C6H16Si/c1-3-5-7-6-4-2/h3-7H2,1-2H3. The summed E-state index contributed by atoms with van der Waals surface area (Å²) in [6, 6.07) is 3.13. The maximum Gasteiger partial charge on any atom is 0.0197 e. The molecule has 0 atom stereocenters. The largest absolute Gasteiger partial charge is 0.0657 e. The summed E-state index contributed by atoms with van der Waals surface area (Å²) in [6.45, 7) is 4.56. The van der Waals surface area contributed by atoms with Gasteiger partial charge in [0, 0.05) is 9.52 Å². The Morgan fingerprint density at radius 2 is 1.43 bits per heavy atom. The van der Waals surface area contributed by atoms with E-state index in [9.17, 15) is 0 Å². The van der Waals surface area contributed by atoms with Crippen LogP contribution in [0.25, 0.3) is 0 Å². The first kappa shape index (κ1) is 7.22. The predicted octanol–water partition coefficient (Wildman–Crippen LogP) is 1.81. The van der Waals surface area contributed by atoms with Crippen molar-refractivity contribution in [3.63, 3.8) is 0 Å². The highest BCUT2D eigenvalue weighted by Gasteiger charge is 1.81. The molecular weight excluding hydrogens is 100 g/mol. The van der Waals surface area contributed by atoms with Gasteiger partial charge in [-0.2, -0.15) is 0 Å². The minimum absolute atomic E-state index is 0.411. The van der Waals surface area contributed by atoms with E-state index in [-0.39, 0.29) is 0 Å². The maximum absolute atomic E-state index is 2.28. The van der Waals surface area contributed by atoms with Gasteiger partial charge in [-0.1, -0.05) is 38.8 Å². The summed E-state index contributed by atoms with van der Waals surface area (Å²) in [4.78, 5) is 0. The minimum Gasteiger partial charge on any atom is -0.0657 e. The lowest BCUT2D eigenvalue weighted by molar-refractivity contribution is 1.02. The Balaban J connectivity index is 2.45. The molecule has 0 aromatic carbocycles. The van der Waals surface area contributed by atoms with Gasteiger partial charge >= 0.3 is 0 Å². The van der Waals surface area contributed by atoms with Crippen LogP contribution in [0, 0.1) is 0 Å². The van der Waals surface area contributed by atoms with Crippen LogP contribution in [0.5, 0.6) is 0 Å². The number of hydrogen-bond acceptors (Lipinski definition) is 0. The summed E-state index contributed by atoms with van der Waals surface area (Å²) in [5.41, 5.74) is 0. The fourth-order valence-electron chi connectivity index (χ4n) is 0.677. The van der Waals surface area contributed by atoms with Crippen molar-refractivity contribution in [1.82, 2.24) is 0 Å². The molecule has 0 aliphatic carbocycles. The zero-order chi connectivity index (χ0) is 5.54. The van der Waals surface area contributed by atoms with Crippen molar-refractivity contribution in [2.24, 2.45) is 0 Å². The molecule has 0 aliphatic rings. The second-order valence-electron chi connectivity index (χ2n) is 2.06. The summed E-state index contributed by atoms with van der Waals surface area (Å²) in [7, 11) is 0.411. The molecule has 0 fully saturated rings. The van der Waals surface area contributed by atoms with Crippen molar-refractivity contribution in [3.8, 4) is 0 Å². The molecule has 7 heavy (non-hydrogen) atoms. The quantitative estimate of drug-likeness (QED) is 0.388. The highest BCUT2D eigenvalue weighted by Crippen LogP contribution is 1.92. The highest BCUT2D eigenvalue weighted by atomic mass is 28.2. The van der Waals surface area contributed by atoms with Crippen molar-refractivity contribution in [2.45, 2.75) is 38.8 Å². The lowest BCUT2D eigenvalue weighted by Crippen LogP contribution is -1.84. The van der Waals surface area contributed by atoms with E-state index in [0.717, 1.165) is 0 Å². The van der Waals surface area contributed by atoms with Crippen LogP contribution in [0.1, 0.15) is 26.7 Å². The smallest absolute Gasteiger partial charge is 0.0197 e. The van der Waals surface area contributed by atoms with Crippen LogP contribution in [0.15, 0.2) is 0 Å². The van der Waals surface area contributed by atoms with E-state index in [1.54, 1.807) is 12.1 Å². The molecule has 44 valence electrons. The van der Waals surface area contributed by atoms with Gasteiger partial charge in [-0.05, 0) is 0 Å². The molecule has 0 N–H and O–H groups in total. The third-order valence-electron chi connectivity index (χ3n) is 1.21. The normalized spacial score (nSPS) is 9.43. The summed E-state index contributed by atoms with van der Waals surface area (Å²) in [5, 5.41) is 0. The molecule has 0 saturated heterocycles. The SMILES string of the molecule is CCC[SiH2]CCC. The molecule has 0 unspecified atom stereocenters. The zero-order valence-corrected chi connectivity index (χ0v) is 6.95. The van der Waals surface area contributed by atoms with E-state index in [0.29, 0.717) is 9.52 Å². The summed E-state index contributed by atoms with van der Waals surface area (Å²) in [6.07, 6.45) is 2.85. The van der Waals surface area contributed by atoms with Crippen LogP contribution < -0.4 is 0 Å². The predicted molar refractivity (Wildman–Crippen MR) is 38.7 cm³/mol. The lowest BCUT2D eigenvalue weighted by atomic mass is 10.6. The molecule has 0 aromatic heterocycles. The third-order valence-corrected chi connectivity index (χ3v) is 3.62. The van der Waals surface area contributed by atoms with E-state index in [1.807, 2.05) is 0 Å². The van der Waals surface area contributed by atoms with Gasteiger partial charge in [0.2, 0.25) is 0 Å². The second kappa shape index (κ2) is 6.22. The van der Waals surface area contributed by atoms with Crippen LogP contribution in [0.3, 0.4) is 0 Å². The van der Waals surface area contributed by atoms with E-state index >= 15 is 0 Å². The Morgan fingerprint density at radius 3 is 1.71 bits per heavy atom. The average molecular weight is 116 g/mol. The minimum atomic E-state index is 0.411. The zero-order valence-electron chi connectivity index (χ0n) is 5.54. The first-order valence-corrected chi connectivity index (χ1v) is 5.41. The molecule has 0 radical (unpaired) electrons. The van der Waals surface area contributed by atoms with Gasteiger partial charge in [0.1, 0.15) is 0 Å². The fourth-order valence-corrected chi connectivity index (χ4v) is 2.03. The van der Waals surface area contributed by atoms with E-state index < -0.39 is 0 Å². The van der Waals surface area contributed by atoms with Crippen molar-refractivity contribution in [2.75, 3.05) is 0 Å². The van der Waals surface area contributed by atoms with Gasteiger partial charge in [0.15, 0.2) is 0 Å². The Morgan fingerprint density at radius 1 is 1.00 bits per heavy atom. The molecule has 0 saturated carbocycles. The van der Waals surface area contributed by atoms with Gasteiger partial charge < -0.3 is 0 Å². The third kappa shape index (κ3) is 6.22. The van der Waals surface area contributed by atoms with E-state index in [4.69, 9.17) is 0 Å². The van der Waals surface area contributed by atoms with Gasteiger partial charge in [-0.25, -0.2) is 0 Å². The van der Waals surface area contributed by atoms with Crippen molar-refractivity contribution in [3.05, 3.63) is 0 Å². The Bertz CT molecular complexity index is 23.4.